The third kappa shape index (κ3) is 3.81. The van der Waals surface area contributed by atoms with Crippen molar-refractivity contribution in [1.29, 1.82) is 0 Å². The first kappa shape index (κ1) is 14.6. The summed E-state index contributed by atoms with van der Waals surface area (Å²) in [4.78, 5) is 11.0. The van der Waals surface area contributed by atoms with E-state index in [9.17, 15) is 4.79 Å². The Kier molecular flexibility index (Phi) is 5.02. The molecule has 2 aromatic rings. The second kappa shape index (κ2) is 6.55. The molecule has 0 aliphatic rings. The third-order valence-electron chi connectivity index (χ3n) is 2.50. The molecule has 5 heteroatoms. The summed E-state index contributed by atoms with van der Waals surface area (Å²) >= 11 is 12.8. The lowest BCUT2D eigenvalue weighted by atomic mass is 10.2. The van der Waals surface area contributed by atoms with Gasteiger partial charge in [-0.2, -0.15) is 0 Å². The van der Waals surface area contributed by atoms with Crippen LogP contribution in [0.4, 0.5) is 0 Å². The van der Waals surface area contributed by atoms with Gasteiger partial charge in [-0.25, -0.2) is 0 Å². The molecular formula is C14H9Br2ClO2. The summed E-state index contributed by atoms with van der Waals surface area (Å²) in [6, 6.07) is 10.9. The highest BCUT2D eigenvalue weighted by atomic mass is 79.9. The SMILES string of the molecule is O=Cc1cc(Br)ccc1OCc1ccc(Br)cc1Cl. The zero-order valence-corrected chi connectivity index (χ0v) is 13.6. The van der Waals surface area contributed by atoms with Gasteiger partial charge in [0.15, 0.2) is 6.29 Å². The van der Waals surface area contributed by atoms with Gasteiger partial charge < -0.3 is 4.74 Å². The van der Waals surface area contributed by atoms with Gasteiger partial charge in [0.1, 0.15) is 12.4 Å². The fourth-order valence-electron chi connectivity index (χ4n) is 1.54. The summed E-state index contributed by atoms with van der Waals surface area (Å²) in [7, 11) is 0. The fraction of sp³-hybridized carbons (Fsp3) is 0.0714. The van der Waals surface area contributed by atoms with E-state index in [0.717, 1.165) is 20.8 Å². The predicted molar refractivity (Wildman–Crippen MR) is 83.0 cm³/mol. The average molecular weight is 404 g/mol. The Hall–Kier alpha value is -0.840. The van der Waals surface area contributed by atoms with Gasteiger partial charge >= 0.3 is 0 Å². The van der Waals surface area contributed by atoms with Gasteiger partial charge in [-0.3, -0.25) is 4.79 Å². The maximum atomic E-state index is 11.0. The van der Waals surface area contributed by atoms with Gasteiger partial charge in [0.2, 0.25) is 0 Å². The maximum absolute atomic E-state index is 11.0. The lowest BCUT2D eigenvalue weighted by molar-refractivity contribution is 0.111. The Morgan fingerprint density at radius 1 is 1.11 bits per heavy atom. The van der Waals surface area contributed by atoms with Crippen molar-refractivity contribution in [1.82, 2.24) is 0 Å². The number of hydrogen-bond acceptors (Lipinski definition) is 2. The number of aldehydes is 1. The minimum absolute atomic E-state index is 0.314. The summed E-state index contributed by atoms with van der Waals surface area (Å²) in [5.74, 6) is 0.539. The van der Waals surface area contributed by atoms with Crippen LogP contribution in [0.15, 0.2) is 45.3 Å². The highest BCUT2D eigenvalue weighted by Gasteiger charge is 2.06. The minimum atomic E-state index is 0.314. The summed E-state index contributed by atoms with van der Waals surface area (Å²) in [5, 5.41) is 0.624. The van der Waals surface area contributed by atoms with E-state index in [1.165, 1.54) is 0 Å². The van der Waals surface area contributed by atoms with Crippen LogP contribution in [0.5, 0.6) is 5.75 Å². The van der Waals surface area contributed by atoms with E-state index >= 15 is 0 Å². The topological polar surface area (TPSA) is 26.3 Å². The van der Waals surface area contributed by atoms with Crippen LogP contribution in [0.2, 0.25) is 5.02 Å². The van der Waals surface area contributed by atoms with Crippen molar-refractivity contribution in [2.24, 2.45) is 0 Å². The smallest absolute Gasteiger partial charge is 0.153 e. The van der Waals surface area contributed by atoms with Crippen LogP contribution in [0.25, 0.3) is 0 Å². The molecule has 0 saturated carbocycles. The van der Waals surface area contributed by atoms with E-state index in [1.54, 1.807) is 12.1 Å². The molecule has 0 atom stereocenters. The number of ether oxygens (including phenoxy) is 1. The average Bonchev–Trinajstić information content (AvgIpc) is 2.39. The van der Waals surface area contributed by atoms with Gasteiger partial charge in [-0.15, -0.1) is 0 Å². The van der Waals surface area contributed by atoms with Crippen molar-refractivity contribution in [2.75, 3.05) is 0 Å². The first-order chi connectivity index (χ1) is 9.10. The monoisotopic (exact) mass is 402 g/mol. The molecule has 98 valence electrons. The fourth-order valence-corrected chi connectivity index (χ4v) is 2.64. The second-order valence-corrected chi connectivity index (χ2v) is 6.06. The quantitative estimate of drug-likeness (QED) is 0.650. The summed E-state index contributed by atoms with van der Waals surface area (Å²) in [5.41, 5.74) is 1.37. The first-order valence-corrected chi connectivity index (χ1v) is 7.38. The van der Waals surface area contributed by atoms with E-state index in [2.05, 4.69) is 31.9 Å². The normalized spacial score (nSPS) is 10.3. The van der Waals surface area contributed by atoms with Crippen LogP contribution in [-0.4, -0.2) is 6.29 Å². The number of rotatable bonds is 4. The van der Waals surface area contributed by atoms with Crippen LogP contribution in [0.3, 0.4) is 0 Å². The van der Waals surface area contributed by atoms with Crippen LogP contribution < -0.4 is 4.74 Å². The Balaban J connectivity index is 2.16. The molecule has 0 radical (unpaired) electrons. The standard InChI is InChI=1S/C14H9Br2ClO2/c15-11-3-4-14(10(5-11)7-18)19-8-9-1-2-12(16)6-13(9)17/h1-7H,8H2. The first-order valence-electron chi connectivity index (χ1n) is 5.41. The van der Waals surface area contributed by atoms with Gasteiger partial charge in [-0.1, -0.05) is 49.5 Å². The molecule has 0 aliphatic heterocycles. The van der Waals surface area contributed by atoms with Crippen molar-refractivity contribution >= 4 is 49.7 Å². The van der Waals surface area contributed by atoms with Crippen LogP contribution in [-0.2, 0) is 6.61 Å². The number of carbonyl (C=O) groups is 1. The molecule has 0 amide bonds. The lowest BCUT2D eigenvalue weighted by Crippen LogP contribution is -1.99. The molecule has 0 bridgehead atoms. The zero-order valence-electron chi connectivity index (χ0n) is 9.70. The predicted octanol–water partition coefficient (Wildman–Crippen LogP) is 5.26. The van der Waals surface area contributed by atoms with Crippen molar-refractivity contribution < 1.29 is 9.53 Å². The summed E-state index contributed by atoms with van der Waals surface area (Å²) in [6.45, 7) is 0.314. The molecular weight excluding hydrogens is 395 g/mol. The molecule has 0 spiro atoms. The largest absolute Gasteiger partial charge is 0.488 e. The van der Waals surface area contributed by atoms with E-state index in [1.807, 2.05) is 24.3 Å². The van der Waals surface area contributed by atoms with Crippen molar-refractivity contribution in [2.45, 2.75) is 6.61 Å². The molecule has 0 N–H and O–H groups in total. The van der Waals surface area contributed by atoms with Crippen molar-refractivity contribution in [3.8, 4) is 5.75 Å². The van der Waals surface area contributed by atoms with E-state index in [0.29, 0.717) is 22.9 Å². The molecule has 0 fully saturated rings. The lowest BCUT2D eigenvalue weighted by Gasteiger charge is -2.10. The van der Waals surface area contributed by atoms with Gasteiger partial charge in [0.25, 0.3) is 0 Å². The van der Waals surface area contributed by atoms with Gasteiger partial charge in [0.05, 0.1) is 5.56 Å². The molecule has 0 heterocycles. The minimum Gasteiger partial charge on any atom is -0.488 e. The summed E-state index contributed by atoms with van der Waals surface area (Å²) in [6.07, 6.45) is 0.767. The highest BCUT2D eigenvalue weighted by molar-refractivity contribution is 9.10. The molecule has 2 nitrogen and oxygen atoms in total. The number of hydrogen-bond donors (Lipinski definition) is 0. The summed E-state index contributed by atoms with van der Waals surface area (Å²) < 4.78 is 7.39. The molecule has 2 rings (SSSR count). The van der Waals surface area contributed by atoms with E-state index in [4.69, 9.17) is 16.3 Å². The molecule has 0 aliphatic carbocycles. The zero-order chi connectivity index (χ0) is 13.8. The molecule has 0 unspecified atom stereocenters. The van der Waals surface area contributed by atoms with Gasteiger partial charge in [-0.05, 0) is 30.3 Å². The van der Waals surface area contributed by atoms with E-state index < -0.39 is 0 Å². The second-order valence-electron chi connectivity index (χ2n) is 3.82. The Morgan fingerprint density at radius 2 is 1.79 bits per heavy atom. The van der Waals surface area contributed by atoms with Crippen LogP contribution in [0, 0.1) is 0 Å². The molecule has 2 aromatic carbocycles. The molecule has 19 heavy (non-hydrogen) atoms. The van der Waals surface area contributed by atoms with E-state index in [-0.39, 0.29) is 0 Å². The highest BCUT2D eigenvalue weighted by Crippen LogP contribution is 2.25. The Bertz CT molecular complexity index is 614. The van der Waals surface area contributed by atoms with Crippen molar-refractivity contribution in [3.63, 3.8) is 0 Å². The number of benzene rings is 2. The van der Waals surface area contributed by atoms with Crippen LogP contribution >= 0.6 is 43.5 Å². The number of carbonyl (C=O) groups excluding carboxylic acids is 1. The molecule has 0 aromatic heterocycles. The van der Waals surface area contributed by atoms with Crippen molar-refractivity contribution in [3.05, 3.63) is 61.5 Å². The number of halogens is 3. The maximum Gasteiger partial charge on any atom is 0.153 e. The molecule has 0 saturated heterocycles. The Morgan fingerprint density at radius 3 is 2.47 bits per heavy atom. The van der Waals surface area contributed by atoms with Crippen LogP contribution in [0.1, 0.15) is 15.9 Å². The van der Waals surface area contributed by atoms with Gasteiger partial charge in [0, 0.05) is 19.5 Å². The Labute approximate surface area is 133 Å². The third-order valence-corrected chi connectivity index (χ3v) is 3.84.